The van der Waals surface area contributed by atoms with Gasteiger partial charge in [-0.1, -0.05) is 0 Å². The Labute approximate surface area is 119 Å². The molecule has 20 heavy (non-hydrogen) atoms. The number of esters is 1. The Morgan fingerprint density at radius 2 is 2.00 bits per heavy atom. The van der Waals surface area contributed by atoms with Gasteiger partial charge in [0.1, 0.15) is 6.04 Å². The molecule has 0 aliphatic carbocycles. The van der Waals surface area contributed by atoms with Crippen LogP contribution in [-0.2, 0) is 24.5 Å². The molecule has 0 aromatic carbocycles. The van der Waals surface area contributed by atoms with Gasteiger partial charge in [-0.3, -0.25) is 9.69 Å². The summed E-state index contributed by atoms with van der Waals surface area (Å²) in [4.78, 5) is 13.4. The number of nitrogens with one attached hydrogen (secondary N) is 1. The molecule has 116 valence electrons. The first-order valence-electron chi connectivity index (χ1n) is 6.57. The summed E-state index contributed by atoms with van der Waals surface area (Å²) in [6.45, 7) is 2.03. The normalized spacial score (nSPS) is 29.5. The minimum atomic E-state index is -3.52. The van der Waals surface area contributed by atoms with Gasteiger partial charge >= 0.3 is 5.97 Å². The summed E-state index contributed by atoms with van der Waals surface area (Å²) < 4.78 is 38.3. The second-order valence-corrected chi connectivity index (χ2v) is 6.75. The molecule has 0 unspecified atom stereocenters. The molecule has 0 saturated carbocycles. The fraction of sp³-hybridized carbons (Fsp3) is 0.909. The first-order chi connectivity index (χ1) is 9.44. The van der Waals surface area contributed by atoms with E-state index in [1.54, 1.807) is 11.9 Å². The Hall–Kier alpha value is -0.740. The van der Waals surface area contributed by atoms with E-state index in [9.17, 15) is 13.2 Å². The number of ether oxygens (including phenoxy) is 2. The Bertz CT molecular complexity index is 449. The number of likely N-dealkylation sites (N-methyl/N-ethyl adjacent to an activating group) is 1. The third-order valence-corrected chi connectivity index (χ3v) is 5.32. The highest BCUT2D eigenvalue weighted by molar-refractivity contribution is 7.87. The van der Waals surface area contributed by atoms with Gasteiger partial charge in [0.05, 0.1) is 20.3 Å². The zero-order valence-electron chi connectivity index (χ0n) is 11.7. The summed E-state index contributed by atoms with van der Waals surface area (Å²) in [7, 11) is -0.404. The van der Waals surface area contributed by atoms with Gasteiger partial charge in [0.2, 0.25) is 0 Å². The van der Waals surface area contributed by atoms with Crippen molar-refractivity contribution in [3.63, 3.8) is 0 Å². The maximum absolute atomic E-state index is 12.2. The lowest BCUT2D eigenvalue weighted by Crippen LogP contribution is -2.50. The van der Waals surface area contributed by atoms with Crippen LogP contribution in [0.3, 0.4) is 0 Å². The van der Waals surface area contributed by atoms with Crippen LogP contribution >= 0.6 is 0 Å². The molecule has 2 aliphatic rings. The molecule has 1 N–H and O–H groups in total. The van der Waals surface area contributed by atoms with E-state index in [4.69, 9.17) is 9.47 Å². The highest BCUT2D eigenvalue weighted by atomic mass is 32.2. The molecule has 2 heterocycles. The molecule has 9 heteroatoms. The van der Waals surface area contributed by atoms with Gasteiger partial charge in [0.15, 0.2) is 0 Å². The summed E-state index contributed by atoms with van der Waals surface area (Å²) in [5.41, 5.74) is 0. The van der Waals surface area contributed by atoms with Crippen molar-refractivity contribution in [2.75, 3.05) is 47.0 Å². The van der Waals surface area contributed by atoms with Crippen LogP contribution in [-0.4, -0.2) is 82.7 Å². The monoisotopic (exact) mass is 307 g/mol. The standard InChI is InChI=1S/C11H21N3O5S/c1-13-8-9(7-10(13)11(15)18-2)12-20(16,17)14-3-5-19-6-4-14/h9-10,12H,3-8H2,1-2H3/t9-,10-/m0/s1. The number of likely N-dealkylation sites (tertiary alicyclic amines) is 1. The molecule has 8 nitrogen and oxygen atoms in total. The summed E-state index contributed by atoms with van der Waals surface area (Å²) in [6, 6.07) is -0.672. The number of carbonyl (C=O) groups excluding carboxylic acids is 1. The molecular weight excluding hydrogens is 286 g/mol. The van der Waals surface area contributed by atoms with Crippen molar-refractivity contribution >= 4 is 16.2 Å². The van der Waals surface area contributed by atoms with Crippen molar-refractivity contribution in [3.8, 4) is 0 Å². The Morgan fingerprint density at radius 3 is 2.60 bits per heavy atom. The van der Waals surface area contributed by atoms with Gasteiger partial charge < -0.3 is 9.47 Å². The SMILES string of the molecule is COC(=O)[C@@H]1C[C@H](NS(=O)(=O)N2CCOCC2)CN1C. The van der Waals surface area contributed by atoms with E-state index >= 15 is 0 Å². The highest BCUT2D eigenvalue weighted by Crippen LogP contribution is 2.18. The molecular formula is C11H21N3O5S. The fourth-order valence-corrected chi connectivity index (χ4v) is 3.94. The zero-order valence-corrected chi connectivity index (χ0v) is 12.6. The predicted molar refractivity (Wildman–Crippen MR) is 71.3 cm³/mol. The van der Waals surface area contributed by atoms with Crippen LogP contribution in [0.4, 0.5) is 0 Å². The number of carbonyl (C=O) groups is 1. The summed E-state index contributed by atoms with van der Waals surface area (Å²) in [6.07, 6.45) is 0.423. The summed E-state index contributed by atoms with van der Waals surface area (Å²) >= 11 is 0. The summed E-state index contributed by atoms with van der Waals surface area (Å²) in [5.74, 6) is -0.333. The Morgan fingerprint density at radius 1 is 1.35 bits per heavy atom. The average molecular weight is 307 g/mol. The average Bonchev–Trinajstić information content (AvgIpc) is 2.79. The third kappa shape index (κ3) is 3.47. The van der Waals surface area contributed by atoms with E-state index in [1.165, 1.54) is 11.4 Å². The third-order valence-electron chi connectivity index (χ3n) is 3.65. The quantitative estimate of drug-likeness (QED) is 0.629. The van der Waals surface area contributed by atoms with E-state index in [0.717, 1.165) is 0 Å². The van der Waals surface area contributed by atoms with Crippen LogP contribution in [0.5, 0.6) is 0 Å². The molecule has 2 atom stereocenters. The molecule has 0 aromatic heterocycles. The van der Waals surface area contributed by atoms with Gasteiger partial charge in [-0.05, 0) is 13.5 Å². The van der Waals surface area contributed by atoms with Gasteiger partial charge in [0, 0.05) is 25.7 Å². The van der Waals surface area contributed by atoms with Gasteiger partial charge in [-0.25, -0.2) is 0 Å². The maximum atomic E-state index is 12.2. The maximum Gasteiger partial charge on any atom is 0.323 e. The van der Waals surface area contributed by atoms with Crippen LogP contribution in [0.2, 0.25) is 0 Å². The minimum Gasteiger partial charge on any atom is -0.468 e. The molecule has 0 bridgehead atoms. The van der Waals surface area contributed by atoms with Crippen LogP contribution in [0.15, 0.2) is 0 Å². The fourth-order valence-electron chi connectivity index (χ4n) is 2.57. The molecule has 0 spiro atoms. The van der Waals surface area contributed by atoms with E-state index < -0.39 is 16.3 Å². The second-order valence-electron chi connectivity index (χ2n) is 5.05. The number of morpholine rings is 1. The number of methoxy groups -OCH3 is 1. The van der Waals surface area contributed by atoms with Crippen molar-refractivity contribution in [1.29, 1.82) is 0 Å². The van der Waals surface area contributed by atoms with Crippen molar-refractivity contribution in [2.24, 2.45) is 0 Å². The van der Waals surface area contributed by atoms with E-state index in [2.05, 4.69) is 4.72 Å². The van der Waals surface area contributed by atoms with E-state index in [-0.39, 0.29) is 12.0 Å². The van der Waals surface area contributed by atoms with Gasteiger partial charge in [-0.2, -0.15) is 17.4 Å². The van der Waals surface area contributed by atoms with Crippen LogP contribution < -0.4 is 4.72 Å². The number of hydrogen-bond donors (Lipinski definition) is 1. The Balaban J connectivity index is 1.95. The topological polar surface area (TPSA) is 88.2 Å². The molecule has 0 aromatic rings. The Kier molecular flexibility index (Phi) is 4.97. The lowest BCUT2D eigenvalue weighted by atomic mass is 10.2. The largest absolute Gasteiger partial charge is 0.468 e. The molecule has 2 aliphatic heterocycles. The molecule has 0 amide bonds. The first-order valence-corrected chi connectivity index (χ1v) is 8.01. The van der Waals surface area contributed by atoms with Crippen molar-refractivity contribution in [2.45, 2.75) is 18.5 Å². The van der Waals surface area contributed by atoms with Gasteiger partial charge in [0.25, 0.3) is 10.2 Å². The first kappa shape index (κ1) is 15.6. The minimum absolute atomic E-state index is 0.281. The summed E-state index contributed by atoms with van der Waals surface area (Å²) in [5, 5.41) is 0. The van der Waals surface area contributed by atoms with E-state index in [0.29, 0.717) is 39.3 Å². The van der Waals surface area contributed by atoms with Crippen LogP contribution in [0.1, 0.15) is 6.42 Å². The lowest BCUT2D eigenvalue weighted by molar-refractivity contribution is -0.145. The number of nitrogens with zero attached hydrogens (tertiary/aromatic N) is 2. The second kappa shape index (κ2) is 6.35. The molecule has 0 radical (unpaired) electrons. The van der Waals surface area contributed by atoms with Crippen LogP contribution in [0, 0.1) is 0 Å². The number of rotatable bonds is 4. The van der Waals surface area contributed by atoms with Crippen molar-refractivity contribution in [1.82, 2.24) is 13.9 Å². The molecule has 2 fully saturated rings. The van der Waals surface area contributed by atoms with E-state index in [1.807, 2.05) is 0 Å². The predicted octanol–water partition coefficient (Wildman–Crippen LogP) is -1.60. The highest BCUT2D eigenvalue weighted by Gasteiger charge is 2.38. The molecule has 2 saturated heterocycles. The van der Waals surface area contributed by atoms with Gasteiger partial charge in [-0.15, -0.1) is 0 Å². The van der Waals surface area contributed by atoms with Crippen molar-refractivity contribution < 1.29 is 22.7 Å². The number of hydrogen-bond acceptors (Lipinski definition) is 6. The van der Waals surface area contributed by atoms with Crippen molar-refractivity contribution in [3.05, 3.63) is 0 Å². The zero-order chi connectivity index (χ0) is 14.8. The smallest absolute Gasteiger partial charge is 0.323 e. The molecule has 2 rings (SSSR count). The lowest BCUT2D eigenvalue weighted by Gasteiger charge is -2.27. The van der Waals surface area contributed by atoms with Crippen LogP contribution in [0.25, 0.3) is 0 Å².